The van der Waals surface area contributed by atoms with Crippen LogP contribution >= 0.6 is 28.3 Å². The van der Waals surface area contributed by atoms with Crippen LogP contribution in [0.15, 0.2) is 16.7 Å². The van der Waals surface area contributed by atoms with E-state index in [1.165, 1.54) is 0 Å². The highest BCUT2D eigenvalue weighted by molar-refractivity contribution is 9.10. The Morgan fingerprint density at radius 1 is 1.56 bits per heavy atom. The molecule has 1 aromatic heterocycles. The number of hydrogen-bond acceptors (Lipinski definition) is 2. The van der Waals surface area contributed by atoms with Crippen LogP contribution in [0.3, 0.4) is 0 Å². The molecule has 0 aliphatic carbocycles. The average Bonchev–Trinajstić information content (AvgIpc) is 2.67. The van der Waals surface area contributed by atoms with Gasteiger partial charge < -0.3 is 14.8 Å². The molecule has 0 spiro atoms. The maximum absolute atomic E-state index is 12.4. The Hall–Kier alpha value is -0.520. The maximum Gasteiger partial charge on any atom is 0.270 e. The lowest BCUT2D eigenvalue weighted by Gasteiger charge is -2.32. The van der Waals surface area contributed by atoms with Crippen molar-refractivity contribution in [2.75, 3.05) is 20.1 Å². The molecule has 0 bridgehead atoms. The van der Waals surface area contributed by atoms with Crippen molar-refractivity contribution in [2.24, 2.45) is 7.05 Å². The fourth-order valence-electron chi connectivity index (χ4n) is 2.30. The number of amides is 1. The molecule has 4 nitrogen and oxygen atoms in total. The monoisotopic (exact) mass is 335 g/mol. The second-order valence-corrected chi connectivity index (χ2v) is 5.45. The van der Waals surface area contributed by atoms with Crippen LogP contribution in [0.4, 0.5) is 0 Å². The summed E-state index contributed by atoms with van der Waals surface area (Å²) in [5, 5.41) is 3.25. The predicted octanol–water partition coefficient (Wildman–Crippen LogP) is 2.03. The lowest BCUT2D eigenvalue weighted by Crippen LogP contribution is -2.47. The molecule has 6 heteroatoms. The number of carbonyl (C=O) groups excluding carboxylic acids is 1. The molecule has 1 fully saturated rings. The van der Waals surface area contributed by atoms with E-state index < -0.39 is 0 Å². The van der Waals surface area contributed by atoms with Gasteiger partial charge in [0.05, 0.1) is 0 Å². The lowest BCUT2D eigenvalue weighted by molar-refractivity contribution is 0.0688. The van der Waals surface area contributed by atoms with Crippen molar-refractivity contribution in [3.8, 4) is 0 Å². The van der Waals surface area contributed by atoms with E-state index in [9.17, 15) is 4.79 Å². The number of halogens is 2. The Bertz CT molecular complexity index is 421. The van der Waals surface area contributed by atoms with Crippen LogP contribution in [-0.4, -0.2) is 41.6 Å². The van der Waals surface area contributed by atoms with Crippen molar-refractivity contribution in [2.45, 2.75) is 18.9 Å². The number of nitrogens with one attached hydrogen (secondary N) is 1. The van der Waals surface area contributed by atoms with Gasteiger partial charge in [-0.05, 0) is 41.9 Å². The molecule has 1 N–H and O–H groups in total. The van der Waals surface area contributed by atoms with Crippen molar-refractivity contribution < 1.29 is 4.79 Å². The molecule has 2 rings (SSSR count). The minimum atomic E-state index is 0. The van der Waals surface area contributed by atoms with Gasteiger partial charge >= 0.3 is 0 Å². The molecule has 1 aliphatic rings. The van der Waals surface area contributed by atoms with Crippen LogP contribution in [0.5, 0.6) is 0 Å². The fraction of sp³-hybridized carbons (Fsp3) is 0.583. The van der Waals surface area contributed by atoms with Gasteiger partial charge in [-0.15, -0.1) is 12.4 Å². The third-order valence-corrected chi connectivity index (χ3v) is 3.74. The number of aryl methyl sites for hydroxylation is 1. The van der Waals surface area contributed by atoms with Gasteiger partial charge in [-0.25, -0.2) is 0 Å². The summed E-state index contributed by atoms with van der Waals surface area (Å²) in [5.74, 6) is 0.123. The largest absolute Gasteiger partial charge is 0.345 e. The van der Waals surface area contributed by atoms with Crippen LogP contribution in [0.2, 0.25) is 0 Å². The topological polar surface area (TPSA) is 37.3 Å². The summed E-state index contributed by atoms with van der Waals surface area (Å²) in [6, 6.07) is 2.31. The number of likely N-dealkylation sites (N-methyl/N-ethyl adjacent to an activating group) is 1. The summed E-state index contributed by atoms with van der Waals surface area (Å²) in [7, 11) is 3.86. The summed E-state index contributed by atoms with van der Waals surface area (Å²) in [4.78, 5) is 14.3. The first-order chi connectivity index (χ1) is 8.11. The number of likely N-dealkylation sites (tertiary alicyclic amines) is 1. The van der Waals surface area contributed by atoms with E-state index in [1.807, 2.05) is 35.8 Å². The Balaban J connectivity index is 0.00000162. The first-order valence-corrected chi connectivity index (χ1v) is 6.69. The van der Waals surface area contributed by atoms with E-state index in [4.69, 9.17) is 0 Å². The highest BCUT2D eigenvalue weighted by Crippen LogP contribution is 2.18. The van der Waals surface area contributed by atoms with Crippen molar-refractivity contribution in [3.63, 3.8) is 0 Å². The molecule has 1 aliphatic heterocycles. The van der Waals surface area contributed by atoms with E-state index in [0.29, 0.717) is 6.04 Å². The van der Waals surface area contributed by atoms with Crippen molar-refractivity contribution in [1.29, 1.82) is 0 Å². The molecule has 2 heterocycles. The molecule has 102 valence electrons. The van der Waals surface area contributed by atoms with E-state index >= 15 is 0 Å². The quantitative estimate of drug-likeness (QED) is 0.897. The maximum atomic E-state index is 12.4. The zero-order chi connectivity index (χ0) is 12.4. The summed E-state index contributed by atoms with van der Waals surface area (Å²) >= 11 is 3.40. The van der Waals surface area contributed by atoms with Gasteiger partial charge in [0, 0.05) is 36.8 Å². The van der Waals surface area contributed by atoms with Crippen molar-refractivity contribution in [3.05, 3.63) is 22.4 Å². The average molecular weight is 337 g/mol. The van der Waals surface area contributed by atoms with Crippen molar-refractivity contribution >= 4 is 34.2 Å². The minimum absolute atomic E-state index is 0. The zero-order valence-corrected chi connectivity index (χ0v) is 13.1. The Morgan fingerprint density at radius 3 is 2.83 bits per heavy atom. The molecule has 0 saturated carbocycles. The zero-order valence-electron chi connectivity index (χ0n) is 10.6. The predicted molar refractivity (Wildman–Crippen MR) is 78.3 cm³/mol. The molecule has 1 atom stereocenters. The van der Waals surface area contributed by atoms with Crippen LogP contribution in [-0.2, 0) is 7.05 Å². The first-order valence-electron chi connectivity index (χ1n) is 5.90. The number of nitrogens with zero attached hydrogens (tertiary/aromatic N) is 2. The number of hydrogen-bond donors (Lipinski definition) is 1. The SMILES string of the molecule is CNC1CCCN(C(=O)c2cc(Br)cn2C)C1.Cl. The molecule has 1 aromatic rings. The summed E-state index contributed by atoms with van der Waals surface area (Å²) in [6.45, 7) is 1.66. The first kappa shape index (κ1) is 15.5. The van der Waals surface area contributed by atoms with Crippen molar-refractivity contribution in [1.82, 2.24) is 14.8 Å². The van der Waals surface area contributed by atoms with Gasteiger partial charge in [0.25, 0.3) is 5.91 Å². The van der Waals surface area contributed by atoms with E-state index in [1.54, 1.807) is 0 Å². The van der Waals surface area contributed by atoms with Crippen LogP contribution in [0, 0.1) is 0 Å². The van der Waals surface area contributed by atoms with Crippen LogP contribution in [0.25, 0.3) is 0 Å². The molecule has 0 aromatic carbocycles. The number of aromatic nitrogens is 1. The Morgan fingerprint density at radius 2 is 2.28 bits per heavy atom. The third kappa shape index (κ3) is 3.28. The molecule has 1 amide bonds. The third-order valence-electron chi connectivity index (χ3n) is 3.31. The summed E-state index contributed by atoms with van der Waals surface area (Å²) < 4.78 is 2.82. The number of rotatable bonds is 2. The standard InChI is InChI=1S/C12H18BrN3O.ClH/c1-14-10-4-3-5-16(8-10)12(17)11-6-9(13)7-15(11)2;/h6-7,10,14H,3-5,8H2,1-2H3;1H. The van der Waals surface area contributed by atoms with E-state index in [2.05, 4.69) is 21.2 Å². The van der Waals surface area contributed by atoms with Gasteiger partial charge in [-0.2, -0.15) is 0 Å². The lowest BCUT2D eigenvalue weighted by atomic mass is 10.1. The van der Waals surface area contributed by atoms with Gasteiger partial charge in [0.1, 0.15) is 5.69 Å². The molecule has 1 unspecified atom stereocenters. The molecular weight excluding hydrogens is 318 g/mol. The molecular formula is C12H19BrClN3O. The number of carbonyl (C=O) groups is 1. The Kier molecular flexibility index (Phi) is 5.69. The van der Waals surface area contributed by atoms with E-state index in [-0.39, 0.29) is 18.3 Å². The van der Waals surface area contributed by atoms with E-state index in [0.717, 1.165) is 36.1 Å². The second kappa shape index (κ2) is 6.59. The summed E-state index contributed by atoms with van der Waals surface area (Å²) in [5.41, 5.74) is 0.744. The Labute approximate surface area is 122 Å². The number of piperidine rings is 1. The second-order valence-electron chi connectivity index (χ2n) is 4.53. The van der Waals surface area contributed by atoms with Gasteiger partial charge in [0.15, 0.2) is 0 Å². The highest BCUT2D eigenvalue weighted by atomic mass is 79.9. The normalized spacial score (nSPS) is 19.5. The van der Waals surface area contributed by atoms with Crippen LogP contribution < -0.4 is 5.32 Å². The fourth-order valence-corrected chi connectivity index (χ4v) is 2.82. The summed E-state index contributed by atoms with van der Waals surface area (Å²) in [6.07, 6.45) is 4.13. The van der Waals surface area contributed by atoms with Gasteiger partial charge in [-0.3, -0.25) is 4.79 Å². The smallest absolute Gasteiger partial charge is 0.270 e. The molecule has 18 heavy (non-hydrogen) atoms. The molecule has 0 radical (unpaired) electrons. The van der Waals surface area contributed by atoms with Crippen LogP contribution in [0.1, 0.15) is 23.3 Å². The van der Waals surface area contributed by atoms with Gasteiger partial charge in [0.2, 0.25) is 0 Å². The van der Waals surface area contributed by atoms with Gasteiger partial charge in [-0.1, -0.05) is 0 Å². The minimum Gasteiger partial charge on any atom is -0.345 e. The molecule has 1 saturated heterocycles. The highest BCUT2D eigenvalue weighted by Gasteiger charge is 2.24.